The molecule has 198 valence electrons. The molecule has 3 heterocycles. The summed E-state index contributed by atoms with van der Waals surface area (Å²) < 4.78 is 0. The summed E-state index contributed by atoms with van der Waals surface area (Å²) >= 11 is 0. The number of anilines is 1. The molecule has 1 fully saturated rings. The largest absolute Gasteiger partial charge is 0.356 e. The van der Waals surface area contributed by atoms with Crippen molar-refractivity contribution >= 4 is 34.4 Å². The Labute approximate surface area is 227 Å². The lowest BCUT2D eigenvalue weighted by Crippen LogP contribution is -2.44. The Bertz CT molecular complexity index is 1600. The fourth-order valence-corrected chi connectivity index (χ4v) is 5.91. The van der Waals surface area contributed by atoms with E-state index in [0.29, 0.717) is 23.6 Å². The van der Waals surface area contributed by atoms with Gasteiger partial charge in [0.2, 0.25) is 0 Å². The van der Waals surface area contributed by atoms with Gasteiger partial charge in [0.15, 0.2) is 0 Å². The summed E-state index contributed by atoms with van der Waals surface area (Å²) in [5, 5.41) is 3.95. The molecule has 0 saturated carbocycles. The molecular weight excluding hydrogens is 488 g/mol. The van der Waals surface area contributed by atoms with Gasteiger partial charge in [0.05, 0.1) is 11.3 Å². The first-order valence-corrected chi connectivity index (χ1v) is 13.5. The SMILES string of the molecule is CC(C)NC(=O)c1ccccc1N1C(=O)[C@@H]2Cc3c([nH]c4ccccc34)C(c3ccc(C(C)C)cc3)N2C1=O. The predicted molar refractivity (Wildman–Crippen MR) is 152 cm³/mol. The van der Waals surface area contributed by atoms with Crippen LogP contribution in [0.3, 0.4) is 0 Å². The first kappa shape index (κ1) is 24.9. The second-order valence-electron chi connectivity index (χ2n) is 11.0. The number of nitrogens with zero attached hydrogens (tertiary/aromatic N) is 2. The summed E-state index contributed by atoms with van der Waals surface area (Å²) in [7, 11) is 0. The average molecular weight is 521 g/mol. The smallest absolute Gasteiger partial charge is 0.332 e. The third-order valence-electron chi connectivity index (χ3n) is 7.78. The zero-order valence-electron chi connectivity index (χ0n) is 22.6. The van der Waals surface area contributed by atoms with Gasteiger partial charge in [0.25, 0.3) is 11.8 Å². The lowest BCUT2D eigenvalue weighted by atomic mass is 9.88. The van der Waals surface area contributed by atoms with Gasteiger partial charge < -0.3 is 10.3 Å². The summed E-state index contributed by atoms with van der Waals surface area (Å²) in [5.74, 6) is -0.256. The third-order valence-corrected chi connectivity index (χ3v) is 7.78. The van der Waals surface area contributed by atoms with E-state index in [1.807, 2.05) is 32.0 Å². The highest BCUT2D eigenvalue weighted by molar-refractivity contribution is 6.24. The highest BCUT2D eigenvalue weighted by Gasteiger charge is 2.53. The van der Waals surface area contributed by atoms with Crippen LogP contribution in [0, 0.1) is 0 Å². The van der Waals surface area contributed by atoms with Gasteiger partial charge in [-0.25, -0.2) is 9.69 Å². The Hall–Kier alpha value is -4.39. The van der Waals surface area contributed by atoms with Gasteiger partial charge in [-0.1, -0.05) is 68.4 Å². The van der Waals surface area contributed by atoms with Gasteiger partial charge in [-0.3, -0.25) is 14.5 Å². The Morgan fingerprint density at radius 3 is 2.33 bits per heavy atom. The number of benzene rings is 3. The Kier molecular flexibility index (Phi) is 6.02. The maximum absolute atomic E-state index is 14.2. The molecule has 2 atom stereocenters. The average Bonchev–Trinajstić information content (AvgIpc) is 3.41. The zero-order chi connectivity index (χ0) is 27.4. The quantitative estimate of drug-likeness (QED) is 0.321. The predicted octanol–water partition coefficient (Wildman–Crippen LogP) is 5.91. The second-order valence-corrected chi connectivity index (χ2v) is 11.0. The highest BCUT2D eigenvalue weighted by Crippen LogP contribution is 2.45. The lowest BCUT2D eigenvalue weighted by Gasteiger charge is -2.36. The molecule has 1 aromatic heterocycles. The molecular formula is C32H32N4O3. The first-order chi connectivity index (χ1) is 18.8. The molecule has 2 aliphatic heterocycles. The van der Waals surface area contributed by atoms with Crippen molar-refractivity contribution in [2.45, 2.75) is 58.2 Å². The number of amides is 4. The van der Waals surface area contributed by atoms with Crippen LogP contribution in [0.25, 0.3) is 10.9 Å². The van der Waals surface area contributed by atoms with E-state index in [2.05, 4.69) is 54.5 Å². The lowest BCUT2D eigenvalue weighted by molar-refractivity contribution is -0.120. The number of hydrogen-bond acceptors (Lipinski definition) is 3. The number of carbonyl (C=O) groups is 3. The van der Waals surface area contributed by atoms with E-state index in [1.165, 1.54) is 10.5 Å². The van der Waals surface area contributed by atoms with Gasteiger partial charge in [0.1, 0.15) is 12.1 Å². The summed E-state index contributed by atoms with van der Waals surface area (Å²) in [5.41, 5.74) is 5.72. The van der Waals surface area contributed by atoms with Crippen LogP contribution >= 0.6 is 0 Å². The minimum atomic E-state index is -0.680. The molecule has 6 rings (SSSR count). The Balaban J connectivity index is 1.49. The van der Waals surface area contributed by atoms with Crippen molar-refractivity contribution in [3.63, 3.8) is 0 Å². The summed E-state index contributed by atoms with van der Waals surface area (Å²) in [4.78, 5) is 47.8. The number of rotatable bonds is 5. The fourth-order valence-electron chi connectivity index (χ4n) is 5.91. The Morgan fingerprint density at radius 2 is 1.62 bits per heavy atom. The summed E-state index contributed by atoms with van der Waals surface area (Å²) in [6.07, 6.45) is 0.404. The number of fused-ring (bicyclic) bond motifs is 4. The summed E-state index contributed by atoms with van der Waals surface area (Å²) in [6.45, 7) is 8.05. The van der Waals surface area contributed by atoms with E-state index in [-0.39, 0.29) is 17.9 Å². The maximum atomic E-state index is 14.2. The molecule has 0 bridgehead atoms. The van der Waals surface area contributed by atoms with E-state index >= 15 is 0 Å². The molecule has 0 aliphatic carbocycles. The van der Waals surface area contributed by atoms with E-state index in [4.69, 9.17) is 0 Å². The van der Waals surface area contributed by atoms with Crippen LogP contribution in [0.15, 0.2) is 72.8 Å². The number of hydrogen-bond donors (Lipinski definition) is 2. The van der Waals surface area contributed by atoms with Crippen molar-refractivity contribution in [1.82, 2.24) is 15.2 Å². The van der Waals surface area contributed by atoms with Gasteiger partial charge in [-0.2, -0.15) is 0 Å². The molecule has 1 saturated heterocycles. The number of H-pyrrole nitrogens is 1. The number of aromatic amines is 1. The van der Waals surface area contributed by atoms with Crippen molar-refractivity contribution < 1.29 is 14.4 Å². The van der Waals surface area contributed by atoms with Crippen molar-refractivity contribution in [3.05, 3.63) is 101 Å². The fraction of sp³-hybridized carbons (Fsp3) is 0.281. The standard InChI is InChI=1S/C32H32N4O3/c1-18(2)20-13-15-21(16-14-20)29-28-24(22-9-5-7-11-25(22)34-28)17-27-31(38)36(32(39)35(27)29)26-12-8-6-10-23(26)30(37)33-19(3)4/h5-16,18-19,27,29,34H,17H2,1-4H3,(H,33,37)/t27-,29?/m0/s1. The minimum absolute atomic E-state index is 0.0848. The molecule has 1 unspecified atom stereocenters. The van der Waals surface area contributed by atoms with Gasteiger partial charge in [-0.15, -0.1) is 0 Å². The van der Waals surface area contributed by atoms with Crippen LogP contribution < -0.4 is 10.2 Å². The molecule has 0 radical (unpaired) electrons. The number of urea groups is 1. The highest BCUT2D eigenvalue weighted by atomic mass is 16.2. The van der Waals surface area contributed by atoms with Crippen LogP contribution in [0.5, 0.6) is 0 Å². The van der Waals surface area contributed by atoms with Crippen molar-refractivity contribution in [1.29, 1.82) is 0 Å². The molecule has 7 heteroatoms. The minimum Gasteiger partial charge on any atom is -0.356 e. The van der Waals surface area contributed by atoms with Crippen LogP contribution in [-0.4, -0.2) is 39.8 Å². The molecule has 4 amide bonds. The number of carbonyl (C=O) groups excluding carboxylic acids is 3. The van der Waals surface area contributed by atoms with E-state index in [0.717, 1.165) is 27.7 Å². The second kappa shape index (κ2) is 9.42. The van der Waals surface area contributed by atoms with Crippen molar-refractivity contribution in [2.75, 3.05) is 4.90 Å². The topological polar surface area (TPSA) is 85.5 Å². The summed E-state index contributed by atoms with van der Waals surface area (Å²) in [6, 6.07) is 21.5. The van der Waals surface area contributed by atoms with Crippen LogP contribution in [0.2, 0.25) is 0 Å². The Morgan fingerprint density at radius 1 is 0.923 bits per heavy atom. The third kappa shape index (κ3) is 4.00. The van der Waals surface area contributed by atoms with Gasteiger partial charge >= 0.3 is 6.03 Å². The van der Waals surface area contributed by atoms with Crippen molar-refractivity contribution in [3.8, 4) is 0 Å². The number of para-hydroxylation sites is 2. The number of aromatic nitrogens is 1. The maximum Gasteiger partial charge on any atom is 0.332 e. The van der Waals surface area contributed by atoms with Gasteiger partial charge in [0, 0.05) is 29.1 Å². The van der Waals surface area contributed by atoms with Crippen molar-refractivity contribution in [2.24, 2.45) is 0 Å². The molecule has 39 heavy (non-hydrogen) atoms. The van der Waals surface area contributed by atoms with Crippen LogP contribution in [0.4, 0.5) is 10.5 Å². The number of nitrogens with one attached hydrogen (secondary N) is 2. The van der Waals surface area contributed by atoms with Crippen LogP contribution in [-0.2, 0) is 11.2 Å². The molecule has 2 aliphatic rings. The van der Waals surface area contributed by atoms with E-state index in [9.17, 15) is 14.4 Å². The molecule has 2 N–H and O–H groups in total. The van der Waals surface area contributed by atoms with Crippen LogP contribution in [0.1, 0.15) is 72.4 Å². The molecule has 3 aromatic carbocycles. The zero-order valence-corrected chi connectivity index (χ0v) is 22.6. The number of imide groups is 1. The van der Waals surface area contributed by atoms with Gasteiger partial charge in [-0.05, 0) is 54.7 Å². The van der Waals surface area contributed by atoms with E-state index < -0.39 is 18.1 Å². The monoisotopic (exact) mass is 520 g/mol. The van der Waals surface area contributed by atoms with E-state index in [1.54, 1.807) is 29.2 Å². The molecule has 7 nitrogen and oxygen atoms in total. The normalized spacial score (nSPS) is 18.7. The first-order valence-electron chi connectivity index (χ1n) is 13.5. The molecule has 4 aromatic rings. The molecule has 0 spiro atoms.